The molecule has 1 saturated heterocycles. The van der Waals surface area contributed by atoms with Crippen LogP contribution >= 0.6 is 11.8 Å². The topological polar surface area (TPSA) is 72.3 Å². The van der Waals surface area contributed by atoms with Crippen LogP contribution in [0.3, 0.4) is 0 Å². The highest BCUT2D eigenvalue weighted by atomic mass is 32.2. The van der Waals surface area contributed by atoms with Crippen LogP contribution in [-0.2, 0) is 4.79 Å². The zero-order valence-corrected chi connectivity index (χ0v) is 16.7. The second-order valence-corrected chi connectivity index (χ2v) is 7.64. The molecule has 1 atom stereocenters. The summed E-state index contributed by atoms with van der Waals surface area (Å²) in [7, 11) is 1.64. The van der Waals surface area contributed by atoms with Crippen LogP contribution in [0.5, 0.6) is 5.75 Å². The first-order valence-corrected chi connectivity index (χ1v) is 10.3. The highest BCUT2D eigenvalue weighted by Crippen LogP contribution is 2.21. The van der Waals surface area contributed by atoms with Crippen LogP contribution in [0.1, 0.15) is 26.2 Å². The number of thioether (sulfide) groups is 1. The molecule has 0 aliphatic carbocycles. The van der Waals surface area contributed by atoms with Crippen molar-refractivity contribution in [2.24, 2.45) is 0 Å². The van der Waals surface area contributed by atoms with Gasteiger partial charge in [-0.1, -0.05) is 18.2 Å². The van der Waals surface area contributed by atoms with Gasteiger partial charge in [-0.25, -0.2) is 0 Å². The highest BCUT2D eigenvalue weighted by molar-refractivity contribution is 7.99. The molecule has 1 N–H and O–H groups in total. The molecule has 0 saturated carbocycles. The van der Waals surface area contributed by atoms with Crippen LogP contribution in [0.2, 0.25) is 0 Å². The molecule has 7 nitrogen and oxygen atoms in total. The average molecular weight is 390 g/mol. The van der Waals surface area contributed by atoms with Crippen LogP contribution in [0.25, 0.3) is 5.69 Å². The Hall–Kier alpha value is -2.06. The lowest BCUT2D eigenvalue weighted by Crippen LogP contribution is -2.42. The van der Waals surface area contributed by atoms with Gasteiger partial charge >= 0.3 is 0 Å². The van der Waals surface area contributed by atoms with Gasteiger partial charge in [-0.15, -0.1) is 10.2 Å². The summed E-state index contributed by atoms with van der Waals surface area (Å²) < 4.78 is 7.05. The van der Waals surface area contributed by atoms with Gasteiger partial charge < -0.3 is 10.1 Å². The molecule has 2 heterocycles. The largest absolute Gasteiger partial charge is 0.497 e. The van der Waals surface area contributed by atoms with Crippen molar-refractivity contribution in [1.29, 1.82) is 0 Å². The molecular weight excluding hydrogens is 362 g/mol. The van der Waals surface area contributed by atoms with Crippen molar-refractivity contribution in [2.45, 2.75) is 37.4 Å². The lowest BCUT2D eigenvalue weighted by atomic mass is 10.0. The number of aromatic nitrogens is 3. The first-order valence-electron chi connectivity index (χ1n) is 9.35. The highest BCUT2D eigenvalue weighted by Gasteiger charge is 2.17. The SMILES string of the molecule is COc1ccc(-n2cnnc2SCC(=O)NCCN2CCCC[C@H]2C)cc1. The van der Waals surface area contributed by atoms with Crippen molar-refractivity contribution in [2.75, 3.05) is 32.5 Å². The van der Waals surface area contributed by atoms with Crippen LogP contribution < -0.4 is 10.1 Å². The molecule has 8 heteroatoms. The number of nitrogens with one attached hydrogen (secondary N) is 1. The minimum absolute atomic E-state index is 0.0222. The third kappa shape index (κ3) is 5.46. The molecule has 0 unspecified atom stereocenters. The number of carbonyl (C=O) groups excluding carboxylic acids is 1. The zero-order valence-electron chi connectivity index (χ0n) is 15.9. The second kappa shape index (κ2) is 9.75. The van der Waals surface area contributed by atoms with Crippen molar-refractivity contribution in [3.63, 3.8) is 0 Å². The fraction of sp³-hybridized carbons (Fsp3) is 0.526. The Balaban J connectivity index is 1.46. The quantitative estimate of drug-likeness (QED) is 0.699. The number of carbonyl (C=O) groups is 1. The molecule has 1 aromatic heterocycles. The maximum Gasteiger partial charge on any atom is 0.230 e. The van der Waals surface area contributed by atoms with Gasteiger partial charge in [0.2, 0.25) is 5.91 Å². The number of nitrogens with zero attached hydrogens (tertiary/aromatic N) is 4. The van der Waals surface area contributed by atoms with E-state index in [0.29, 0.717) is 23.5 Å². The van der Waals surface area contributed by atoms with Crippen LogP contribution in [-0.4, -0.2) is 64.1 Å². The third-order valence-electron chi connectivity index (χ3n) is 4.86. The fourth-order valence-corrected chi connectivity index (χ4v) is 4.01. The minimum Gasteiger partial charge on any atom is -0.497 e. The number of rotatable bonds is 8. The number of piperidine rings is 1. The molecule has 2 aromatic rings. The third-order valence-corrected chi connectivity index (χ3v) is 5.80. The Morgan fingerprint density at radius 2 is 2.15 bits per heavy atom. The molecule has 0 spiro atoms. The van der Waals surface area contributed by atoms with Crippen molar-refractivity contribution in [3.05, 3.63) is 30.6 Å². The summed E-state index contributed by atoms with van der Waals surface area (Å²) in [6.45, 7) is 5.01. The molecule has 1 amide bonds. The van der Waals surface area contributed by atoms with E-state index in [1.165, 1.54) is 31.0 Å². The first kappa shape index (κ1) is 19.7. The van der Waals surface area contributed by atoms with Crippen molar-refractivity contribution in [3.8, 4) is 11.4 Å². The summed E-state index contributed by atoms with van der Waals surface area (Å²) >= 11 is 1.39. The zero-order chi connectivity index (χ0) is 19.1. The van der Waals surface area contributed by atoms with E-state index >= 15 is 0 Å². The van der Waals surface area contributed by atoms with Gasteiger partial charge in [0.25, 0.3) is 0 Å². The Bertz CT molecular complexity index is 734. The summed E-state index contributed by atoms with van der Waals surface area (Å²) in [6.07, 6.45) is 5.48. The monoisotopic (exact) mass is 389 g/mol. The summed E-state index contributed by atoms with van der Waals surface area (Å²) in [5.41, 5.74) is 0.933. The van der Waals surface area contributed by atoms with E-state index in [-0.39, 0.29) is 5.91 Å². The van der Waals surface area contributed by atoms with Gasteiger partial charge in [0.1, 0.15) is 12.1 Å². The van der Waals surface area contributed by atoms with Crippen molar-refractivity contribution >= 4 is 17.7 Å². The molecule has 0 radical (unpaired) electrons. The Morgan fingerprint density at radius 3 is 2.89 bits per heavy atom. The van der Waals surface area contributed by atoms with Gasteiger partial charge in [-0.2, -0.15) is 0 Å². The van der Waals surface area contributed by atoms with E-state index < -0.39 is 0 Å². The molecule has 3 rings (SSSR count). The van der Waals surface area contributed by atoms with Gasteiger partial charge in [-0.3, -0.25) is 14.3 Å². The maximum atomic E-state index is 12.2. The standard InChI is InChI=1S/C19H27N5O2S/c1-15-5-3-4-11-23(15)12-10-20-18(25)13-27-19-22-21-14-24(19)16-6-8-17(26-2)9-7-16/h6-9,14-15H,3-5,10-13H2,1-2H3,(H,20,25)/t15-/m1/s1. The summed E-state index contributed by atoms with van der Waals surface area (Å²) in [5, 5.41) is 11.8. The second-order valence-electron chi connectivity index (χ2n) is 6.70. The van der Waals surface area contributed by atoms with E-state index in [4.69, 9.17) is 4.74 Å². The molecule has 1 aromatic carbocycles. The number of benzene rings is 1. The number of ether oxygens (including phenoxy) is 1. The number of hydrogen-bond acceptors (Lipinski definition) is 6. The van der Waals surface area contributed by atoms with E-state index in [9.17, 15) is 4.79 Å². The number of methoxy groups -OCH3 is 1. The smallest absolute Gasteiger partial charge is 0.230 e. The van der Waals surface area contributed by atoms with E-state index in [1.54, 1.807) is 13.4 Å². The number of amides is 1. The van der Waals surface area contributed by atoms with Gasteiger partial charge in [0, 0.05) is 24.8 Å². The summed E-state index contributed by atoms with van der Waals surface area (Å²) in [4.78, 5) is 14.6. The lowest BCUT2D eigenvalue weighted by Gasteiger charge is -2.33. The molecular formula is C19H27N5O2S. The predicted molar refractivity (Wildman–Crippen MR) is 107 cm³/mol. The van der Waals surface area contributed by atoms with Crippen LogP contribution in [0.15, 0.2) is 35.7 Å². The predicted octanol–water partition coefficient (Wildman–Crippen LogP) is 2.36. The Kier molecular flexibility index (Phi) is 7.11. The molecule has 146 valence electrons. The Morgan fingerprint density at radius 1 is 1.33 bits per heavy atom. The van der Waals surface area contributed by atoms with Crippen LogP contribution in [0, 0.1) is 0 Å². The molecule has 1 fully saturated rings. The van der Waals surface area contributed by atoms with E-state index in [1.807, 2.05) is 28.8 Å². The minimum atomic E-state index is 0.0222. The number of likely N-dealkylation sites (tertiary alicyclic amines) is 1. The molecule has 1 aliphatic rings. The van der Waals surface area contributed by atoms with E-state index in [0.717, 1.165) is 24.5 Å². The maximum absolute atomic E-state index is 12.2. The Labute approximate surface area is 164 Å². The normalized spacial score (nSPS) is 17.6. The first-order chi connectivity index (χ1) is 13.2. The number of hydrogen-bond donors (Lipinski definition) is 1. The average Bonchev–Trinajstić information content (AvgIpc) is 3.16. The van der Waals surface area contributed by atoms with Crippen molar-refractivity contribution < 1.29 is 9.53 Å². The van der Waals surface area contributed by atoms with Gasteiger partial charge in [0.05, 0.1) is 12.9 Å². The lowest BCUT2D eigenvalue weighted by molar-refractivity contribution is -0.118. The molecule has 27 heavy (non-hydrogen) atoms. The summed E-state index contributed by atoms with van der Waals surface area (Å²) in [5.74, 6) is 1.14. The van der Waals surface area contributed by atoms with Crippen LogP contribution in [0.4, 0.5) is 0 Å². The van der Waals surface area contributed by atoms with E-state index in [2.05, 4.69) is 27.3 Å². The molecule has 1 aliphatic heterocycles. The van der Waals surface area contributed by atoms with Gasteiger partial charge in [0.15, 0.2) is 5.16 Å². The van der Waals surface area contributed by atoms with Crippen molar-refractivity contribution in [1.82, 2.24) is 25.0 Å². The fourth-order valence-electron chi connectivity index (χ4n) is 3.25. The van der Waals surface area contributed by atoms with Gasteiger partial charge in [-0.05, 0) is 50.6 Å². The molecule has 0 bridgehead atoms. The summed E-state index contributed by atoms with van der Waals surface area (Å²) in [6, 6.07) is 8.27.